The van der Waals surface area contributed by atoms with E-state index in [-0.39, 0.29) is 31.9 Å². The summed E-state index contributed by atoms with van der Waals surface area (Å²) in [7, 11) is 0. The van der Waals surface area contributed by atoms with Crippen molar-refractivity contribution in [2.24, 2.45) is 0 Å². The molecule has 0 saturated heterocycles. The first-order valence-corrected chi connectivity index (χ1v) is 10.1. The molecule has 0 bridgehead atoms. The molecule has 0 amide bonds. The summed E-state index contributed by atoms with van der Waals surface area (Å²) in [5.74, 6) is -0.110. The van der Waals surface area contributed by atoms with Crippen LogP contribution in [-0.4, -0.2) is 9.97 Å². The number of hydrogen-bond donors (Lipinski definition) is 0. The molecule has 0 N–H and O–H groups in total. The smallest absolute Gasteiger partial charge is 0.870 e. The summed E-state index contributed by atoms with van der Waals surface area (Å²) in [6, 6.07) is 10.4. The predicted molar refractivity (Wildman–Crippen MR) is 118 cm³/mol. The Kier molecular flexibility index (Phi) is 8.34. The molecule has 9 heteroatoms. The minimum absolute atomic E-state index is 0. The summed E-state index contributed by atoms with van der Waals surface area (Å²) >= 11 is 15.8. The topological polar surface area (TPSA) is 71.9 Å². The van der Waals surface area contributed by atoms with E-state index in [0.717, 1.165) is 10.8 Å². The Bertz CT molecular complexity index is 1040. The fraction of sp³-hybridized carbons (Fsp3) is 0. The van der Waals surface area contributed by atoms with Crippen molar-refractivity contribution < 1.29 is 30.6 Å². The number of pyridine rings is 2. The number of halogens is 4. The normalized spacial score (nSPS) is 10.2. The Hall–Kier alpha value is -0.438. The van der Waals surface area contributed by atoms with E-state index in [2.05, 4.69) is 9.97 Å². The summed E-state index contributed by atoms with van der Waals surface area (Å²) in [6.45, 7) is 0. The second-order valence-corrected chi connectivity index (χ2v) is 8.28. The molecule has 4 rings (SSSR count). The van der Waals surface area contributed by atoms with Crippen LogP contribution in [0.1, 0.15) is 0 Å². The van der Waals surface area contributed by atoms with Gasteiger partial charge in [-0.1, -0.05) is 34.7 Å². The zero-order chi connectivity index (χ0) is 18.8. The first-order chi connectivity index (χ1) is 12.4. The summed E-state index contributed by atoms with van der Waals surface area (Å²) in [4.78, 5) is 8.00. The van der Waals surface area contributed by atoms with Crippen molar-refractivity contribution in [1.82, 2.24) is 9.97 Å². The third kappa shape index (κ3) is 4.95. The number of rotatable bonds is 0. The number of aromatic nitrogens is 2. The van der Waals surface area contributed by atoms with Crippen LogP contribution in [0.3, 0.4) is 0 Å². The molecule has 0 unspecified atom stereocenters. The van der Waals surface area contributed by atoms with Crippen molar-refractivity contribution in [3.8, 4) is 11.5 Å². The van der Waals surface area contributed by atoms with Gasteiger partial charge in [-0.3, -0.25) is 9.97 Å². The predicted octanol–water partition coefficient (Wildman–Crippen LogP) is 5.13. The largest absolute Gasteiger partial charge is 2.00 e. The van der Waals surface area contributed by atoms with Gasteiger partial charge < -0.3 is 10.2 Å². The standard InChI is InChI=1S/2C9H5ClINO.Pd/c2*10-6-4-7(11)9(13)8-5(6)2-1-3-12-8;/h2*1-4,13H;/q;;+2/p-2. The van der Waals surface area contributed by atoms with Gasteiger partial charge in [0.25, 0.3) is 0 Å². The fourth-order valence-electron chi connectivity index (χ4n) is 2.29. The quantitative estimate of drug-likeness (QED) is 0.187. The molecule has 0 aliphatic heterocycles. The van der Waals surface area contributed by atoms with Crippen LogP contribution in [0.4, 0.5) is 0 Å². The molecule has 0 saturated carbocycles. The first-order valence-electron chi connectivity index (χ1n) is 7.19. The van der Waals surface area contributed by atoms with Crippen LogP contribution in [0.15, 0.2) is 48.8 Å². The maximum Gasteiger partial charge on any atom is 2.00 e. The van der Waals surface area contributed by atoms with Crippen LogP contribution >= 0.6 is 68.4 Å². The van der Waals surface area contributed by atoms with Gasteiger partial charge in [-0.2, -0.15) is 0 Å². The Balaban J connectivity index is 0.000000187. The van der Waals surface area contributed by atoms with E-state index in [9.17, 15) is 10.2 Å². The van der Waals surface area contributed by atoms with Gasteiger partial charge in [-0.15, -0.1) is 0 Å². The number of fused-ring (bicyclic) bond motifs is 2. The molecule has 0 atom stereocenters. The van der Waals surface area contributed by atoms with Crippen molar-refractivity contribution in [3.05, 3.63) is 66.0 Å². The molecule has 0 fully saturated rings. The van der Waals surface area contributed by atoms with E-state index in [1.54, 1.807) is 48.8 Å². The average Bonchev–Trinajstić information content (AvgIpc) is 2.65. The second-order valence-electron chi connectivity index (χ2n) is 5.14. The molecule has 0 radical (unpaired) electrons. The summed E-state index contributed by atoms with van der Waals surface area (Å²) < 4.78 is 1.21. The SMILES string of the molecule is [O-]c1c(I)cc(Cl)c2cccnc12.[O-]c1c(I)cc(Cl)c2cccnc12.[Pd+2]. The van der Waals surface area contributed by atoms with Crippen molar-refractivity contribution in [2.45, 2.75) is 0 Å². The van der Waals surface area contributed by atoms with Crippen molar-refractivity contribution in [1.29, 1.82) is 0 Å². The Labute approximate surface area is 206 Å². The average molecular weight is 715 g/mol. The third-order valence-electron chi connectivity index (χ3n) is 3.50. The van der Waals surface area contributed by atoms with Crippen LogP contribution in [0, 0.1) is 7.14 Å². The molecule has 0 spiro atoms. The van der Waals surface area contributed by atoms with E-state index in [0.29, 0.717) is 28.2 Å². The third-order valence-corrected chi connectivity index (χ3v) is 5.73. The summed E-state index contributed by atoms with van der Waals surface area (Å²) in [6.07, 6.45) is 3.19. The molecule has 27 heavy (non-hydrogen) atoms. The maximum absolute atomic E-state index is 11.6. The van der Waals surface area contributed by atoms with Crippen LogP contribution in [0.25, 0.3) is 21.8 Å². The summed E-state index contributed by atoms with van der Waals surface area (Å²) in [5.41, 5.74) is 0.888. The van der Waals surface area contributed by atoms with E-state index in [1.165, 1.54) is 0 Å². The van der Waals surface area contributed by atoms with Crippen LogP contribution < -0.4 is 10.2 Å². The molecule has 140 valence electrons. The number of hydrogen-bond acceptors (Lipinski definition) is 4. The zero-order valence-corrected chi connectivity index (χ0v) is 20.5. The van der Waals surface area contributed by atoms with Crippen molar-refractivity contribution in [3.63, 3.8) is 0 Å². The minimum atomic E-state index is -0.0550. The van der Waals surface area contributed by atoms with Crippen LogP contribution in [-0.2, 0) is 20.4 Å². The fourth-order valence-corrected chi connectivity index (χ4v) is 4.32. The van der Waals surface area contributed by atoms with Crippen molar-refractivity contribution >= 4 is 90.2 Å². The van der Waals surface area contributed by atoms with Crippen LogP contribution in [0.2, 0.25) is 10.0 Å². The monoisotopic (exact) mass is 714 g/mol. The van der Waals surface area contributed by atoms with Gasteiger partial charge in [0.15, 0.2) is 0 Å². The summed E-state index contributed by atoms with van der Waals surface area (Å²) in [5, 5.41) is 25.7. The Morgan fingerprint density at radius 2 is 1.11 bits per heavy atom. The van der Waals surface area contributed by atoms with Gasteiger partial charge >= 0.3 is 20.4 Å². The maximum atomic E-state index is 11.6. The van der Waals surface area contributed by atoms with E-state index < -0.39 is 0 Å². The Morgan fingerprint density at radius 3 is 1.48 bits per heavy atom. The molecule has 4 nitrogen and oxygen atoms in total. The van der Waals surface area contributed by atoms with Gasteiger partial charge in [0, 0.05) is 30.3 Å². The van der Waals surface area contributed by atoms with E-state index >= 15 is 0 Å². The number of nitrogens with zero attached hydrogens (tertiary/aromatic N) is 2. The van der Waals surface area contributed by atoms with E-state index in [4.69, 9.17) is 23.2 Å². The molecule has 0 aliphatic rings. The molecule has 2 aromatic heterocycles. The number of benzene rings is 2. The molecular weight excluding hydrogens is 707 g/mol. The Morgan fingerprint density at radius 1 is 0.741 bits per heavy atom. The molecule has 2 aromatic carbocycles. The molecule has 0 aliphatic carbocycles. The van der Waals surface area contributed by atoms with Gasteiger partial charge in [0.1, 0.15) is 0 Å². The molecular formula is C18H8Cl2I2N2O2Pd. The zero-order valence-electron chi connectivity index (χ0n) is 13.2. The van der Waals surface area contributed by atoms with Crippen LogP contribution in [0.5, 0.6) is 11.5 Å². The first kappa shape index (κ1) is 22.8. The molecule has 4 aromatic rings. The van der Waals surface area contributed by atoms with Crippen molar-refractivity contribution in [2.75, 3.05) is 0 Å². The second kappa shape index (κ2) is 9.85. The van der Waals surface area contributed by atoms with Gasteiger partial charge in [0.05, 0.1) is 21.1 Å². The van der Waals surface area contributed by atoms with Gasteiger partial charge in [-0.05, 0) is 81.6 Å². The minimum Gasteiger partial charge on any atom is -0.870 e. The molecule has 2 heterocycles. The van der Waals surface area contributed by atoms with Gasteiger partial charge in [-0.25, -0.2) is 0 Å². The van der Waals surface area contributed by atoms with E-state index in [1.807, 2.05) is 45.2 Å². The van der Waals surface area contributed by atoms with Gasteiger partial charge in [0.2, 0.25) is 0 Å².